The van der Waals surface area contributed by atoms with Gasteiger partial charge in [-0.05, 0) is 12.5 Å². The molecule has 0 aromatic carbocycles. The Morgan fingerprint density at radius 3 is 2.79 bits per heavy atom. The largest absolute Gasteiger partial charge is 0.490 e. The predicted molar refractivity (Wildman–Crippen MR) is 133 cm³/mol. The van der Waals surface area contributed by atoms with Crippen LogP contribution in [0.3, 0.4) is 0 Å². The van der Waals surface area contributed by atoms with Gasteiger partial charge in [-0.15, -0.1) is 0 Å². The molecule has 16 heteroatoms. The van der Waals surface area contributed by atoms with Crippen LogP contribution in [-0.2, 0) is 11.8 Å². The van der Waals surface area contributed by atoms with Crippen molar-refractivity contribution in [3.05, 3.63) is 52.7 Å². The Bertz CT molecular complexity index is 1590. The first kappa shape index (κ1) is 27.6. The van der Waals surface area contributed by atoms with Gasteiger partial charge in [0.1, 0.15) is 17.1 Å². The third-order valence-electron chi connectivity index (χ3n) is 6.20. The van der Waals surface area contributed by atoms with E-state index in [4.69, 9.17) is 21.5 Å². The van der Waals surface area contributed by atoms with Crippen LogP contribution in [0, 0.1) is 17.2 Å². The molecule has 2 N–H and O–H groups in total. The van der Waals surface area contributed by atoms with E-state index in [0.29, 0.717) is 25.3 Å². The highest BCUT2D eigenvalue weighted by Crippen LogP contribution is 2.33. The van der Waals surface area contributed by atoms with Crippen molar-refractivity contribution in [1.82, 2.24) is 34.3 Å². The van der Waals surface area contributed by atoms with Crippen molar-refractivity contribution in [3.8, 4) is 17.3 Å². The maximum absolute atomic E-state index is 12.5. The lowest BCUT2D eigenvalue weighted by molar-refractivity contribution is -0.192. The van der Waals surface area contributed by atoms with Gasteiger partial charge < -0.3 is 19.6 Å². The van der Waals surface area contributed by atoms with Gasteiger partial charge in [0, 0.05) is 55.6 Å². The highest BCUT2D eigenvalue weighted by Gasteiger charge is 2.38. The SMILES string of the molecule is Cn1cc(Cl)nc(N2CCC(C(CC#N)n3cc(-c4ncnc5[nH]ccc45)cn3)C2)c1=O.O=C(O)C(F)(F)F. The fraction of sp³-hybridized carbons (Fsp3) is 0.348. The van der Waals surface area contributed by atoms with E-state index in [1.165, 1.54) is 17.1 Å². The highest BCUT2D eigenvalue weighted by atomic mass is 35.5. The number of nitriles is 1. The van der Waals surface area contributed by atoms with E-state index in [1.54, 1.807) is 13.2 Å². The quantitative estimate of drug-likeness (QED) is 0.372. The molecule has 0 amide bonds. The second-order valence-corrected chi connectivity index (χ2v) is 9.09. The average Bonchev–Trinajstić information content (AvgIpc) is 3.65. The van der Waals surface area contributed by atoms with Gasteiger partial charge in [-0.3, -0.25) is 9.48 Å². The van der Waals surface area contributed by atoms with Crippen LogP contribution in [-0.4, -0.2) is 64.6 Å². The Morgan fingerprint density at radius 2 is 2.10 bits per heavy atom. The van der Waals surface area contributed by atoms with Crippen LogP contribution in [0.2, 0.25) is 5.15 Å². The molecule has 0 spiro atoms. The Hall–Kier alpha value is -4.45. The standard InChI is InChI=1S/C21H20ClN9O.C2HF3O2/c1-29-11-17(22)28-20(21(29)32)30-7-4-13(9-30)16(2-5-23)31-10-14(8-27-31)18-15-3-6-24-19(15)26-12-25-18;3-2(4,5)1(6)7/h3,6,8,10-13,16H,2,4,7,9H2,1H3,(H,24,25,26);(H,6,7). The van der Waals surface area contributed by atoms with Gasteiger partial charge in [-0.2, -0.15) is 23.5 Å². The average molecular weight is 564 g/mol. The Labute approximate surface area is 223 Å². The highest BCUT2D eigenvalue weighted by molar-refractivity contribution is 6.29. The van der Waals surface area contributed by atoms with E-state index in [-0.39, 0.29) is 22.7 Å². The van der Waals surface area contributed by atoms with Crippen molar-refractivity contribution in [1.29, 1.82) is 5.26 Å². The molecule has 5 heterocycles. The fourth-order valence-corrected chi connectivity index (χ4v) is 4.59. The van der Waals surface area contributed by atoms with Crippen molar-refractivity contribution >= 4 is 34.4 Å². The number of hydrogen-bond acceptors (Lipinski definition) is 8. The van der Waals surface area contributed by atoms with E-state index in [0.717, 1.165) is 28.7 Å². The Kier molecular flexibility index (Phi) is 7.86. The zero-order valence-electron chi connectivity index (χ0n) is 20.3. The minimum atomic E-state index is -5.08. The number of fused-ring (bicyclic) bond motifs is 1. The minimum absolute atomic E-state index is 0.130. The van der Waals surface area contributed by atoms with Crippen molar-refractivity contribution in [3.63, 3.8) is 0 Å². The van der Waals surface area contributed by atoms with Gasteiger partial charge in [-0.1, -0.05) is 11.6 Å². The molecule has 204 valence electrons. The fourth-order valence-electron chi connectivity index (χ4n) is 4.37. The van der Waals surface area contributed by atoms with Gasteiger partial charge in [0.2, 0.25) is 0 Å². The lowest BCUT2D eigenvalue weighted by Crippen LogP contribution is -2.32. The molecule has 0 bridgehead atoms. The van der Waals surface area contributed by atoms with Gasteiger partial charge in [-0.25, -0.2) is 19.7 Å². The molecule has 1 aliphatic heterocycles. The van der Waals surface area contributed by atoms with Gasteiger partial charge >= 0.3 is 12.1 Å². The first-order valence-corrected chi connectivity index (χ1v) is 11.8. The first-order valence-electron chi connectivity index (χ1n) is 11.5. The number of carboxylic acid groups (broad SMARTS) is 1. The number of hydrogen-bond donors (Lipinski definition) is 2. The van der Waals surface area contributed by atoms with E-state index >= 15 is 0 Å². The Morgan fingerprint density at radius 1 is 1.36 bits per heavy atom. The van der Waals surface area contributed by atoms with Crippen molar-refractivity contribution in [2.45, 2.75) is 25.1 Å². The van der Waals surface area contributed by atoms with E-state index in [2.05, 4.69) is 31.1 Å². The summed E-state index contributed by atoms with van der Waals surface area (Å²) in [5.41, 5.74) is 2.23. The molecule has 1 aliphatic rings. The predicted octanol–water partition coefficient (Wildman–Crippen LogP) is 3.18. The number of alkyl halides is 3. The summed E-state index contributed by atoms with van der Waals surface area (Å²) in [4.78, 5) is 39.4. The van der Waals surface area contributed by atoms with E-state index < -0.39 is 12.1 Å². The lowest BCUT2D eigenvalue weighted by atomic mass is 9.96. The number of aliphatic carboxylic acids is 1. The van der Waals surface area contributed by atoms with Crippen LogP contribution >= 0.6 is 11.6 Å². The van der Waals surface area contributed by atoms with Crippen LogP contribution in [0.15, 0.2) is 42.0 Å². The normalized spacial score (nSPS) is 16.0. The van der Waals surface area contributed by atoms with Crippen LogP contribution in [0.25, 0.3) is 22.3 Å². The maximum Gasteiger partial charge on any atom is 0.490 e. The number of nitrogens with one attached hydrogen (secondary N) is 1. The molecule has 1 saturated heterocycles. The number of carboxylic acids is 1. The number of nitrogens with zero attached hydrogens (tertiary/aromatic N) is 8. The number of carbonyl (C=O) groups is 1. The minimum Gasteiger partial charge on any atom is -0.475 e. The number of rotatable bonds is 5. The molecular weight excluding hydrogens is 543 g/mol. The number of aromatic amines is 1. The summed E-state index contributed by atoms with van der Waals surface area (Å²) in [6.45, 7) is 1.26. The lowest BCUT2D eigenvalue weighted by Gasteiger charge is -2.23. The van der Waals surface area contributed by atoms with Crippen LogP contribution in [0.4, 0.5) is 19.0 Å². The summed E-state index contributed by atoms with van der Waals surface area (Å²) in [6, 6.07) is 4.09. The number of halogens is 4. The molecule has 5 rings (SSSR count). The monoisotopic (exact) mass is 563 g/mol. The summed E-state index contributed by atoms with van der Waals surface area (Å²) < 4.78 is 35.0. The number of H-pyrrole nitrogens is 1. The number of anilines is 1. The van der Waals surface area contributed by atoms with Crippen LogP contribution < -0.4 is 10.5 Å². The molecular formula is C23H21ClF3N9O3. The molecule has 1 fully saturated rings. The van der Waals surface area contributed by atoms with Crippen molar-refractivity contribution < 1.29 is 23.1 Å². The Balaban J connectivity index is 0.000000448. The second kappa shape index (κ2) is 11.1. The summed E-state index contributed by atoms with van der Waals surface area (Å²) in [7, 11) is 1.66. The summed E-state index contributed by atoms with van der Waals surface area (Å²) >= 11 is 6.07. The summed E-state index contributed by atoms with van der Waals surface area (Å²) in [5.74, 6) is -2.28. The van der Waals surface area contributed by atoms with Gasteiger partial charge in [0.25, 0.3) is 5.56 Å². The van der Waals surface area contributed by atoms with E-state index in [9.17, 15) is 23.2 Å². The van der Waals surface area contributed by atoms with Gasteiger partial charge in [0.05, 0.1) is 30.4 Å². The third kappa shape index (κ3) is 6.01. The van der Waals surface area contributed by atoms with Crippen molar-refractivity contribution in [2.75, 3.05) is 18.0 Å². The van der Waals surface area contributed by atoms with Crippen molar-refractivity contribution in [2.24, 2.45) is 13.0 Å². The number of aromatic nitrogens is 7. The topological polar surface area (TPSA) is 159 Å². The van der Waals surface area contributed by atoms with Crippen LogP contribution in [0.5, 0.6) is 0 Å². The molecule has 2 atom stereocenters. The summed E-state index contributed by atoms with van der Waals surface area (Å²) in [5, 5.41) is 22.4. The van der Waals surface area contributed by atoms with E-state index in [1.807, 2.05) is 28.0 Å². The summed E-state index contributed by atoms with van der Waals surface area (Å²) in [6.07, 6.45) is 4.58. The molecule has 12 nitrogen and oxygen atoms in total. The molecule has 4 aromatic heterocycles. The second-order valence-electron chi connectivity index (χ2n) is 8.70. The first-order chi connectivity index (χ1) is 18.5. The third-order valence-corrected chi connectivity index (χ3v) is 6.39. The zero-order chi connectivity index (χ0) is 28.3. The zero-order valence-corrected chi connectivity index (χ0v) is 21.1. The molecule has 0 radical (unpaired) electrons. The molecule has 39 heavy (non-hydrogen) atoms. The maximum atomic E-state index is 12.5. The molecule has 0 saturated carbocycles. The number of aryl methyl sites for hydroxylation is 1. The molecule has 0 aliphatic carbocycles. The smallest absolute Gasteiger partial charge is 0.475 e. The molecule has 4 aromatic rings. The van der Waals surface area contributed by atoms with Crippen LogP contribution in [0.1, 0.15) is 18.9 Å². The van der Waals surface area contributed by atoms with Gasteiger partial charge in [0.15, 0.2) is 5.82 Å². The molecule has 2 unspecified atom stereocenters.